The van der Waals surface area contributed by atoms with Gasteiger partial charge in [0, 0.05) is 18.8 Å². The van der Waals surface area contributed by atoms with E-state index in [0.29, 0.717) is 17.6 Å². The molecule has 2 rings (SSSR count). The van der Waals surface area contributed by atoms with E-state index >= 15 is 0 Å². The number of aryl methyl sites for hydroxylation is 1. The van der Waals surface area contributed by atoms with Crippen molar-refractivity contribution in [2.45, 2.75) is 0 Å². The Morgan fingerprint density at radius 3 is 3.11 bits per heavy atom. The fraction of sp³-hybridized carbons (Fsp3) is 0.273. The summed E-state index contributed by atoms with van der Waals surface area (Å²) in [6, 6.07) is 0. The molecule has 0 radical (unpaired) electrons. The second-order valence-electron chi connectivity index (χ2n) is 3.70. The van der Waals surface area contributed by atoms with Crippen LogP contribution in [0.15, 0.2) is 17.1 Å². The second-order valence-corrected chi connectivity index (χ2v) is 3.70. The van der Waals surface area contributed by atoms with Gasteiger partial charge in [0.25, 0.3) is 5.56 Å². The lowest BCUT2D eigenvalue weighted by atomic mass is 10.2. The summed E-state index contributed by atoms with van der Waals surface area (Å²) in [5.41, 5.74) is 6.54. The van der Waals surface area contributed by atoms with E-state index in [-0.39, 0.29) is 11.5 Å². The van der Waals surface area contributed by atoms with Crippen molar-refractivity contribution in [2.75, 3.05) is 19.5 Å². The molecule has 2 heterocycles. The fourth-order valence-electron chi connectivity index (χ4n) is 1.74. The Morgan fingerprint density at radius 1 is 1.61 bits per heavy atom. The molecular formula is C11H14N4O3. The summed E-state index contributed by atoms with van der Waals surface area (Å²) in [7, 11) is 3.24. The van der Waals surface area contributed by atoms with Crippen LogP contribution in [-0.4, -0.2) is 28.3 Å². The number of hydrogen-bond donors (Lipinski definition) is 2. The first-order valence-corrected chi connectivity index (χ1v) is 5.30. The van der Waals surface area contributed by atoms with Crippen LogP contribution in [0.2, 0.25) is 0 Å². The Balaban J connectivity index is 2.46. The maximum absolute atomic E-state index is 11.8. The highest BCUT2D eigenvalue weighted by Gasteiger charge is 2.10. The molecule has 2 aromatic rings. The topological polar surface area (TPSA) is 95.2 Å². The van der Waals surface area contributed by atoms with Crippen LogP contribution < -0.4 is 11.3 Å². The summed E-state index contributed by atoms with van der Waals surface area (Å²) in [6.45, 7) is 0.299. The lowest BCUT2D eigenvalue weighted by Gasteiger charge is -1.96. The Kier molecular flexibility index (Phi) is 3.45. The van der Waals surface area contributed by atoms with E-state index in [1.165, 1.54) is 7.11 Å². The predicted octanol–water partition coefficient (Wildman–Crippen LogP) is 0.435. The lowest BCUT2D eigenvalue weighted by Crippen LogP contribution is -2.11. The standard InChI is InChI=1S/C11H14N4O3/c1-15-6-7(4-3-5-18-17-2)8-9(15)13-11(12)14-10(8)16/h3-4,6H,5H2,1-2H3,(H3,12,13,14,16)/b4-3+. The third-order valence-electron chi connectivity index (χ3n) is 2.45. The minimum Gasteiger partial charge on any atom is -0.369 e. The predicted molar refractivity (Wildman–Crippen MR) is 67.7 cm³/mol. The summed E-state index contributed by atoms with van der Waals surface area (Å²) < 4.78 is 1.75. The molecule has 0 fully saturated rings. The number of hydrogen-bond acceptors (Lipinski definition) is 5. The molecule has 0 aliphatic carbocycles. The highest BCUT2D eigenvalue weighted by atomic mass is 17.2. The van der Waals surface area contributed by atoms with Gasteiger partial charge in [0.05, 0.1) is 12.5 Å². The number of nitrogens with zero attached hydrogens (tertiary/aromatic N) is 2. The lowest BCUT2D eigenvalue weighted by molar-refractivity contribution is -0.263. The van der Waals surface area contributed by atoms with Crippen LogP contribution in [0.4, 0.5) is 5.95 Å². The summed E-state index contributed by atoms with van der Waals surface area (Å²) >= 11 is 0. The van der Waals surface area contributed by atoms with Gasteiger partial charge < -0.3 is 10.3 Å². The number of rotatable bonds is 4. The molecule has 7 heteroatoms. The first-order chi connectivity index (χ1) is 8.63. The molecule has 0 unspecified atom stereocenters. The summed E-state index contributed by atoms with van der Waals surface area (Å²) in [4.78, 5) is 27.6. The normalized spacial score (nSPS) is 11.7. The van der Waals surface area contributed by atoms with Gasteiger partial charge in [-0.3, -0.25) is 9.78 Å². The molecule has 0 amide bonds. The minimum absolute atomic E-state index is 0.104. The van der Waals surface area contributed by atoms with E-state index in [9.17, 15) is 4.79 Å². The van der Waals surface area contributed by atoms with Crippen LogP contribution in [-0.2, 0) is 16.8 Å². The zero-order valence-electron chi connectivity index (χ0n) is 10.1. The molecule has 96 valence electrons. The van der Waals surface area contributed by atoms with Gasteiger partial charge in [-0.05, 0) is 0 Å². The zero-order valence-corrected chi connectivity index (χ0v) is 10.1. The first-order valence-electron chi connectivity index (χ1n) is 5.30. The SMILES string of the molecule is COOC/C=C/c1cn(C)c2nc(N)[nH]c(=O)c12. The van der Waals surface area contributed by atoms with Gasteiger partial charge in [0.1, 0.15) is 12.3 Å². The van der Waals surface area contributed by atoms with Crippen molar-refractivity contribution < 1.29 is 9.78 Å². The van der Waals surface area contributed by atoms with Crippen molar-refractivity contribution >= 4 is 23.1 Å². The van der Waals surface area contributed by atoms with Crippen molar-refractivity contribution in [3.05, 3.63) is 28.2 Å². The molecule has 3 N–H and O–H groups in total. The molecule has 0 saturated heterocycles. The fourth-order valence-corrected chi connectivity index (χ4v) is 1.74. The van der Waals surface area contributed by atoms with E-state index < -0.39 is 0 Å². The number of fused-ring (bicyclic) bond motifs is 1. The molecule has 0 atom stereocenters. The quantitative estimate of drug-likeness (QED) is 0.466. The van der Waals surface area contributed by atoms with Gasteiger partial charge in [-0.2, -0.15) is 4.98 Å². The van der Waals surface area contributed by atoms with Gasteiger partial charge in [-0.25, -0.2) is 9.78 Å². The Labute approximate surface area is 103 Å². The second kappa shape index (κ2) is 5.03. The van der Waals surface area contributed by atoms with Crippen LogP contribution in [0.25, 0.3) is 17.1 Å². The maximum atomic E-state index is 11.8. The van der Waals surface area contributed by atoms with Crippen molar-refractivity contribution in [3.8, 4) is 0 Å². The highest BCUT2D eigenvalue weighted by molar-refractivity contribution is 5.86. The number of aromatic nitrogens is 3. The van der Waals surface area contributed by atoms with Gasteiger partial charge >= 0.3 is 0 Å². The highest BCUT2D eigenvalue weighted by Crippen LogP contribution is 2.16. The van der Waals surface area contributed by atoms with Crippen molar-refractivity contribution in [1.82, 2.24) is 14.5 Å². The molecule has 2 aromatic heterocycles. The van der Waals surface area contributed by atoms with E-state index in [1.807, 2.05) is 0 Å². The van der Waals surface area contributed by atoms with E-state index in [2.05, 4.69) is 14.9 Å². The van der Waals surface area contributed by atoms with Crippen LogP contribution in [0, 0.1) is 0 Å². The van der Waals surface area contributed by atoms with Gasteiger partial charge in [0.15, 0.2) is 0 Å². The smallest absolute Gasteiger partial charge is 0.262 e. The molecule has 0 aliphatic rings. The third-order valence-corrected chi connectivity index (χ3v) is 2.45. The van der Waals surface area contributed by atoms with Gasteiger partial charge in [0.2, 0.25) is 5.95 Å². The van der Waals surface area contributed by atoms with Crippen molar-refractivity contribution in [3.63, 3.8) is 0 Å². The van der Waals surface area contributed by atoms with Crippen LogP contribution in [0.5, 0.6) is 0 Å². The van der Waals surface area contributed by atoms with Crippen molar-refractivity contribution in [2.24, 2.45) is 7.05 Å². The molecule has 0 saturated carbocycles. The first kappa shape index (κ1) is 12.3. The van der Waals surface area contributed by atoms with Crippen molar-refractivity contribution in [1.29, 1.82) is 0 Å². The third kappa shape index (κ3) is 2.27. The molecule has 0 aromatic carbocycles. The van der Waals surface area contributed by atoms with Gasteiger partial charge in [-0.1, -0.05) is 12.2 Å². The van der Waals surface area contributed by atoms with E-state index in [4.69, 9.17) is 10.6 Å². The number of nitrogens with one attached hydrogen (secondary N) is 1. The Morgan fingerprint density at radius 2 is 2.39 bits per heavy atom. The van der Waals surface area contributed by atoms with E-state index in [1.54, 1.807) is 30.0 Å². The molecular weight excluding hydrogens is 236 g/mol. The molecule has 0 bridgehead atoms. The summed E-state index contributed by atoms with van der Waals surface area (Å²) in [6.07, 6.45) is 5.32. The number of aromatic amines is 1. The minimum atomic E-state index is -0.259. The average Bonchev–Trinajstić information content (AvgIpc) is 2.62. The van der Waals surface area contributed by atoms with Crippen LogP contribution >= 0.6 is 0 Å². The largest absolute Gasteiger partial charge is 0.369 e. The maximum Gasteiger partial charge on any atom is 0.262 e. The van der Waals surface area contributed by atoms with Gasteiger partial charge in [-0.15, -0.1) is 0 Å². The summed E-state index contributed by atoms with van der Waals surface area (Å²) in [5.74, 6) is 0.104. The summed E-state index contributed by atoms with van der Waals surface area (Å²) in [5, 5.41) is 0.500. The van der Waals surface area contributed by atoms with Crippen LogP contribution in [0.1, 0.15) is 5.56 Å². The Hall–Kier alpha value is -2.12. The molecule has 7 nitrogen and oxygen atoms in total. The zero-order chi connectivity index (χ0) is 13.1. The molecule has 0 aliphatic heterocycles. The van der Waals surface area contributed by atoms with Crippen LogP contribution in [0.3, 0.4) is 0 Å². The molecule has 18 heavy (non-hydrogen) atoms. The number of H-pyrrole nitrogens is 1. The van der Waals surface area contributed by atoms with E-state index in [0.717, 1.165) is 5.56 Å². The Bertz CT molecular complexity index is 642. The number of nitrogens with two attached hydrogens (primary N) is 1. The molecule has 0 spiro atoms. The number of nitrogen functional groups attached to an aromatic ring is 1. The monoisotopic (exact) mass is 250 g/mol. The average molecular weight is 250 g/mol. The number of anilines is 1.